The van der Waals surface area contributed by atoms with Gasteiger partial charge < -0.3 is 9.84 Å². The fourth-order valence-electron chi connectivity index (χ4n) is 2.15. The zero-order valence-electron chi connectivity index (χ0n) is 9.33. The number of carboxylic acids is 1. The van der Waals surface area contributed by atoms with Crippen LogP contribution in [0.2, 0.25) is 0 Å². The maximum absolute atomic E-state index is 13.8. The number of benzene rings is 1. The zero-order chi connectivity index (χ0) is 13.3. The Morgan fingerprint density at radius 2 is 2.28 bits per heavy atom. The maximum Gasteiger partial charge on any atom is 0.308 e. The van der Waals surface area contributed by atoms with Crippen molar-refractivity contribution in [2.24, 2.45) is 5.92 Å². The standard InChI is InChI=1S/C12H11F2IO3/c13-8-1-2-9(10(14)3-8)12(6-15)4-7(5-18-12)11(16)17/h1-3,7H,4-6H2,(H,16,17). The van der Waals surface area contributed by atoms with E-state index in [9.17, 15) is 13.6 Å². The summed E-state index contributed by atoms with van der Waals surface area (Å²) in [6.07, 6.45) is 0.202. The summed E-state index contributed by atoms with van der Waals surface area (Å²) in [5.74, 6) is -2.96. The van der Waals surface area contributed by atoms with Gasteiger partial charge in [-0.05, 0) is 12.5 Å². The van der Waals surface area contributed by atoms with Gasteiger partial charge in [0.15, 0.2) is 0 Å². The fraction of sp³-hybridized carbons (Fsp3) is 0.417. The largest absolute Gasteiger partial charge is 0.481 e. The third kappa shape index (κ3) is 2.35. The molecule has 2 rings (SSSR count). The van der Waals surface area contributed by atoms with Crippen LogP contribution in [0.3, 0.4) is 0 Å². The predicted octanol–water partition coefficient (Wildman–Crippen LogP) is 2.72. The van der Waals surface area contributed by atoms with Crippen molar-refractivity contribution in [2.75, 3.05) is 11.0 Å². The Kier molecular flexibility index (Phi) is 3.86. The van der Waals surface area contributed by atoms with E-state index in [4.69, 9.17) is 9.84 Å². The Morgan fingerprint density at radius 1 is 1.56 bits per heavy atom. The van der Waals surface area contributed by atoms with Crippen molar-refractivity contribution in [3.63, 3.8) is 0 Å². The minimum absolute atomic E-state index is 0.0507. The highest BCUT2D eigenvalue weighted by Gasteiger charge is 2.45. The average Bonchev–Trinajstić information content (AvgIpc) is 2.74. The first-order valence-electron chi connectivity index (χ1n) is 5.37. The topological polar surface area (TPSA) is 46.5 Å². The van der Waals surface area contributed by atoms with Crippen LogP contribution in [0.25, 0.3) is 0 Å². The van der Waals surface area contributed by atoms with Crippen molar-refractivity contribution in [1.29, 1.82) is 0 Å². The molecule has 1 aromatic rings. The molecule has 3 nitrogen and oxygen atoms in total. The molecule has 18 heavy (non-hydrogen) atoms. The Balaban J connectivity index is 2.37. The number of rotatable bonds is 3. The van der Waals surface area contributed by atoms with Crippen molar-refractivity contribution in [3.8, 4) is 0 Å². The summed E-state index contributed by atoms with van der Waals surface area (Å²) in [4.78, 5) is 10.9. The molecule has 98 valence electrons. The van der Waals surface area contributed by atoms with Gasteiger partial charge in [0.1, 0.15) is 17.2 Å². The molecule has 1 aliphatic heterocycles. The molecule has 2 unspecified atom stereocenters. The molecule has 0 aromatic heterocycles. The molecule has 1 heterocycles. The molecule has 0 saturated carbocycles. The lowest BCUT2D eigenvalue weighted by atomic mass is 9.88. The lowest BCUT2D eigenvalue weighted by Gasteiger charge is -2.27. The first kappa shape index (κ1) is 13.7. The van der Waals surface area contributed by atoms with Crippen LogP contribution in [0.4, 0.5) is 8.78 Å². The summed E-state index contributed by atoms with van der Waals surface area (Å²) in [6.45, 7) is 0.0507. The third-order valence-corrected chi connectivity index (χ3v) is 4.36. The molecule has 6 heteroatoms. The van der Waals surface area contributed by atoms with Gasteiger partial charge in [0.25, 0.3) is 0 Å². The van der Waals surface area contributed by atoms with E-state index in [0.29, 0.717) is 4.43 Å². The first-order valence-corrected chi connectivity index (χ1v) is 6.89. The molecule has 0 radical (unpaired) electrons. The Bertz CT molecular complexity index is 480. The summed E-state index contributed by atoms with van der Waals surface area (Å²) in [6, 6.07) is 3.28. The number of carboxylic acid groups (broad SMARTS) is 1. The highest BCUT2D eigenvalue weighted by atomic mass is 127. The van der Waals surface area contributed by atoms with Gasteiger partial charge in [-0.25, -0.2) is 8.78 Å². The SMILES string of the molecule is O=C(O)C1COC(CI)(c2ccc(F)cc2F)C1. The quantitative estimate of drug-likeness (QED) is 0.659. The van der Waals surface area contributed by atoms with Crippen molar-refractivity contribution in [3.05, 3.63) is 35.4 Å². The smallest absolute Gasteiger partial charge is 0.308 e. The van der Waals surface area contributed by atoms with Crippen LogP contribution < -0.4 is 0 Å². The summed E-state index contributed by atoms with van der Waals surface area (Å²) in [7, 11) is 0. The van der Waals surface area contributed by atoms with Crippen LogP contribution in [0.1, 0.15) is 12.0 Å². The number of aliphatic carboxylic acids is 1. The minimum Gasteiger partial charge on any atom is -0.481 e. The number of halogens is 3. The molecule has 1 fully saturated rings. The van der Waals surface area contributed by atoms with Crippen LogP contribution in [0.15, 0.2) is 18.2 Å². The highest BCUT2D eigenvalue weighted by molar-refractivity contribution is 14.1. The molecule has 0 aliphatic carbocycles. The lowest BCUT2D eigenvalue weighted by molar-refractivity contribution is -0.141. The van der Waals surface area contributed by atoms with Gasteiger partial charge in [0, 0.05) is 16.1 Å². The van der Waals surface area contributed by atoms with Gasteiger partial charge >= 0.3 is 5.97 Å². The Hall–Kier alpha value is -0.760. The van der Waals surface area contributed by atoms with Crippen molar-refractivity contribution >= 4 is 28.6 Å². The Labute approximate surface area is 116 Å². The fourth-order valence-corrected chi connectivity index (χ4v) is 3.09. The van der Waals surface area contributed by atoms with E-state index in [-0.39, 0.29) is 18.6 Å². The van der Waals surface area contributed by atoms with Gasteiger partial charge in [0.05, 0.1) is 12.5 Å². The van der Waals surface area contributed by atoms with Crippen LogP contribution >= 0.6 is 22.6 Å². The number of hydrogen-bond donors (Lipinski definition) is 1. The van der Waals surface area contributed by atoms with Crippen molar-refractivity contribution in [1.82, 2.24) is 0 Å². The molecule has 0 amide bonds. The number of carbonyl (C=O) groups is 1. The minimum atomic E-state index is -0.971. The van der Waals surface area contributed by atoms with Crippen molar-refractivity contribution in [2.45, 2.75) is 12.0 Å². The van der Waals surface area contributed by atoms with E-state index in [1.165, 1.54) is 6.07 Å². The monoisotopic (exact) mass is 368 g/mol. The normalized spacial score (nSPS) is 27.4. The molecular formula is C12H11F2IO3. The van der Waals surface area contributed by atoms with Crippen LogP contribution in [-0.4, -0.2) is 22.1 Å². The molecule has 0 spiro atoms. The second kappa shape index (κ2) is 5.08. The second-order valence-corrected chi connectivity index (χ2v) is 5.07. The first-order chi connectivity index (χ1) is 8.48. The van der Waals surface area contributed by atoms with Crippen molar-refractivity contribution < 1.29 is 23.4 Å². The maximum atomic E-state index is 13.8. The van der Waals surface area contributed by atoms with Gasteiger partial charge in [-0.3, -0.25) is 4.79 Å². The number of hydrogen-bond acceptors (Lipinski definition) is 2. The Morgan fingerprint density at radius 3 is 2.78 bits per heavy atom. The van der Waals surface area contributed by atoms with Gasteiger partial charge in [0.2, 0.25) is 0 Å². The third-order valence-electron chi connectivity index (χ3n) is 3.12. The molecule has 1 N–H and O–H groups in total. The highest BCUT2D eigenvalue weighted by Crippen LogP contribution is 2.41. The van der Waals surface area contributed by atoms with Gasteiger partial charge in [-0.1, -0.05) is 28.7 Å². The molecule has 1 saturated heterocycles. The molecule has 1 aromatic carbocycles. The van der Waals surface area contributed by atoms with Gasteiger partial charge in [-0.15, -0.1) is 0 Å². The molecule has 1 aliphatic rings. The van der Waals surface area contributed by atoms with E-state index in [2.05, 4.69) is 0 Å². The number of ether oxygens (including phenoxy) is 1. The molecular weight excluding hydrogens is 357 g/mol. The average molecular weight is 368 g/mol. The van der Waals surface area contributed by atoms with E-state index in [1.807, 2.05) is 22.6 Å². The van der Waals surface area contributed by atoms with Crippen LogP contribution in [0, 0.1) is 17.6 Å². The van der Waals surface area contributed by atoms with Crippen LogP contribution in [-0.2, 0) is 15.1 Å². The lowest BCUT2D eigenvalue weighted by Crippen LogP contribution is -2.29. The predicted molar refractivity (Wildman–Crippen MR) is 68.6 cm³/mol. The summed E-state index contributed by atoms with van der Waals surface area (Å²) < 4.78 is 32.6. The molecule has 2 atom stereocenters. The summed E-state index contributed by atoms with van der Waals surface area (Å²) in [5.41, 5.74) is -0.747. The van der Waals surface area contributed by atoms with E-state index < -0.39 is 29.1 Å². The van der Waals surface area contributed by atoms with E-state index >= 15 is 0 Å². The molecule has 0 bridgehead atoms. The van der Waals surface area contributed by atoms with Gasteiger partial charge in [-0.2, -0.15) is 0 Å². The van der Waals surface area contributed by atoms with E-state index in [0.717, 1.165) is 12.1 Å². The second-order valence-electron chi connectivity index (χ2n) is 4.30. The summed E-state index contributed by atoms with van der Waals surface area (Å²) >= 11 is 2.03. The van der Waals surface area contributed by atoms with E-state index in [1.54, 1.807) is 0 Å². The zero-order valence-corrected chi connectivity index (χ0v) is 11.5. The van der Waals surface area contributed by atoms with Crippen LogP contribution in [0.5, 0.6) is 0 Å². The summed E-state index contributed by atoms with van der Waals surface area (Å²) in [5, 5.41) is 8.97. The number of alkyl halides is 1.